The van der Waals surface area contributed by atoms with E-state index in [2.05, 4.69) is 27.8 Å². The second-order valence-electron chi connectivity index (χ2n) is 29.1. The molecule has 13 atom stereocenters. The minimum absolute atomic E-state index is 0.0193. The zero-order valence-electron chi connectivity index (χ0n) is 63.2. The molecule has 5 N–H and O–H groups in total. The lowest BCUT2D eigenvalue weighted by Crippen LogP contribution is -2.64. The molecule has 0 bridgehead atoms. The molecule has 0 radical (unpaired) electrons. The Hall–Kier alpha value is -6.12. The first-order chi connectivity index (χ1) is 44.4. The van der Waals surface area contributed by atoms with Gasteiger partial charge in [-0.3, -0.25) is 52.7 Å². The number of carbonyl (C=O) groups is 11. The number of nitrogens with one attached hydrogen (secondary N) is 4. The van der Waals surface area contributed by atoms with Crippen LogP contribution in [0, 0.1) is 35.5 Å². The normalized spacial score (nSPS) is 26.1. The molecule has 96 heavy (non-hydrogen) atoms. The quantitative estimate of drug-likeness (QED) is 0.0690. The Bertz CT molecular complexity index is 2640. The predicted octanol–water partition coefficient (Wildman–Crippen LogP) is 4.61. The van der Waals surface area contributed by atoms with Gasteiger partial charge in [0, 0.05) is 55.8 Å². The molecule has 1 heterocycles. The fourth-order valence-electron chi connectivity index (χ4n) is 11.8. The largest absolute Gasteiger partial charge is 0.390 e. The number of ether oxygens (including phenoxy) is 1. The first-order valence-corrected chi connectivity index (χ1v) is 35.3. The Labute approximate surface area is 580 Å². The van der Waals surface area contributed by atoms with Crippen LogP contribution in [0.1, 0.15) is 163 Å². The summed E-state index contributed by atoms with van der Waals surface area (Å²) < 4.78 is 6.15. The first kappa shape index (κ1) is 87.9. The smallest absolute Gasteiger partial charge is 0.256 e. The van der Waals surface area contributed by atoms with Crippen LogP contribution in [-0.4, -0.2) is 269 Å². The maximum atomic E-state index is 15.5. The van der Waals surface area contributed by atoms with E-state index in [9.17, 15) is 24.3 Å². The molecule has 0 aliphatic carbocycles. The van der Waals surface area contributed by atoms with E-state index in [1.165, 1.54) is 92.6 Å². The van der Waals surface area contributed by atoms with Crippen molar-refractivity contribution in [2.45, 2.75) is 240 Å². The Morgan fingerprint density at radius 2 is 1.03 bits per heavy atom. The molecule has 0 unspecified atom stereocenters. The molecule has 1 aliphatic heterocycles. The lowest BCUT2D eigenvalue weighted by atomic mass is 9.91. The van der Waals surface area contributed by atoms with Gasteiger partial charge in [0.05, 0.1) is 18.3 Å². The van der Waals surface area contributed by atoms with E-state index in [4.69, 9.17) is 4.74 Å². The molecule has 0 saturated carbocycles. The van der Waals surface area contributed by atoms with Crippen molar-refractivity contribution < 1.29 is 62.6 Å². The highest BCUT2D eigenvalue weighted by atomic mass is 32.2. The van der Waals surface area contributed by atoms with Gasteiger partial charge in [0.15, 0.2) is 5.37 Å². The van der Waals surface area contributed by atoms with Crippen LogP contribution >= 0.6 is 11.8 Å². The predicted molar refractivity (Wildman–Crippen MR) is 378 cm³/mol. The van der Waals surface area contributed by atoms with Gasteiger partial charge >= 0.3 is 0 Å². The standard InChI is InChI=1S/C70H126N12O13S/c1-28-31-33-46(14)57(83)56-61(87)73-49(30-3)63(89)82(27)69(96-36-32-34-75(19)20)68(94)79(24)53(40-70(17,18)95-35-29-2)60(86)74-54(44(10)11)66(92)76(21)50(37-41(4)5)59(85)71-47(15)58(84)72-48(16)62(88)77(22)51(38-42(6)7)64(90)78(23)52(39-43(8)9)65(91)80(25)55(45(12)13)67(93)81(56)26/h28-29,31,41-57,69,83H,2,30,32-40H2,1,3-27H3,(H,71,85)(H,72,84)(H,73,87)(H,74,86)/b31-28+/t46-,47+,48-,49+,50+,51+,52+,53+,54+,55+,56+,57-,69-/m1/s1. The molecule has 25 nitrogen and oxygen atoms in total. The molecule has 0 aromatic heterocycles. The summed E-state index contributed by atoms with van der Waals surface area (Å²) in [5, 5.41) is 22.2. The van der Waals surface area contributed by atoms with Gasteiger partial charge in [-0.25, -0.2) is 0 Å². The number of hydrogen-bond donors (Lipinski definition) is 5. The van der Waals surface area contributed by atoms with Crippen molar-refractivity contribution in [3.8, 4) is 0 Å². The number of allylic oxidation sites excluding steroid dienone is 2. The third-order valence-corrected chi connectivity index (χ3v) is 19.2. The van der Waals surface area contributed by atoms with Gasteiger partial charge in [-0.15, -0.1) is 18.3 Å². The summed E-state index contributed by atoms with van der Waals surface area (Å²) in [7, 11) is 13.8. The number of carbonyl (C=O) groups excluding carboxylic acids is 11. The average Bonchev–Trinajstić information content (AvgIpc) is 0.905. The lowest BCUT2D eigenvalue weighted by molar-refractivity contribution is -0.157. The highest BCUT2D eigenvalue weighted by Crippen LogP contribution is 2.29. The molecule has 1 fully saturated rings. The number of likely N-dealkylation sites (N-methyl/N-ethyl adjacent to an activating group) is 7. The van der Waals surface area contributed by atoms with Crippen molar-refractivity contribution in [3.63, 3.8) is 0 Å². The van der Waals surface area contributed by atoms with Crippen LogP contribution in [0.2, 0.25) is 0 Å². The fraction of sp³-hybridized carbons (Fsp3) is 0.786. The van der Waals surface area contributed by atoms with E-state index >= 15 is 33.6 Å². The molecular weight excluding hydrogens is 1250 g/mol. The lowest BCUT2D eigenvalue weighted by Gasteiger charge is -2.41. The van der Waals surface area contributed by atoms with Gasteiger partial charge in [-0.1, -0.05) is 101 Å². The number of nitrogens with zero attached hydrogens (tertiary/aromatic N) is 8. The molecule has 1 aliphatic rings. The minimum atomic E-state index is -1.65. The number of aliphatic hydroxyl groups is 1. The highest BCUT2D eigenvalue weighted by Gasteiger charge is 2.47. The Morgan fingerprint density at radius 3 is 1.51 bits per heavy atom. The van der Waals surface area contributed by atoms with Crippen LogP contribution < -0.4 is 21.3 Å². The van der Waals surface area contributed by atoms with E-state index in [0.717, 1.165) is 16.7 Å². The summed E-state index contributed by atoms with van der Waals surface area (Å²) in [6.45, 7) is 34.1. The maximum absolute atomic E-state index is 15.5. The Balaban J connectivity index is 4.63. The van der Waals surface area contributed by atoms with E-state index in [1.54, 1.807) is 74.5 Å². The Kier molecular flexibility index (Phi) is 37.3. The van der Waals surface area contributed by atoms with Crippen molar-refractivity contribution in [1.29, 1.82) is 0 Å². The molecule has 0 spiro atoms. The summed E-state index contributed by atoms with van der Waals surface area (Å²) in [4.78, 5) is 176. The maximum Gasteiger partial charge on any atom is 0.256 e. The van der Waals surface area contributed by atoms with Crippen molar-refractivity contribution in [2.75, 3.05) is 82.3 Å². The molecule has 11 amide bonds. The number of thioether (sulfide) groups is 1. The fourth-order valence-corrected chi connectivity index (χ4v) is 12.9. The van der Waals surface area contributed by atoms with Gasteiger partial charge in [0.1, 0.15) is 60.4 Å². The average molecular weight is 1380 g/mol. The third kappa shape index (κ3) is 25.6. The van der Waals surface area contributed by atoms with Crippen molar-refractivity contribution in [1.82, 2.24) is 60.5 Å². The van der Waals surface area contributed by atoms with Gasteiger partial charge in [-0.2, -0.15) is 0 Å². The number of hydrogen-bond acceptors (Lipinski definition) is 15. The van der Waals surface area contributed by atoms with Crippen molar-refractivity contribution in [3.05, 3.63) is 24.8 Å². The third-order valence-electron chi connectivity index (χ3n) is 17.8. The zero-order chi connectivity index (χ0) is 74.3. The molecule has 1 saturated heterocycles. The van der Waals surface area contributed by atoms with Crippen molar-refractivity contribution >= 4 is 76.7 Å². The molecular formula is C70H126N12O13S. The Morgan fingerprint density at radius 1 is 0.562 bits per heavy atom. The van der Waals surface area contributed by atoms with E-state index in [0.29, 0.717) is 25.1 Å². The molecule has 550 valence electrons. The first-order valence-electron chi connectivity index (χ1n) is 34.3. The number of amides is 11. The van der Waals surface area contributed by atoms with Gasteiger partial charge in [0.2, 0.25) is 59.1 Å². The van der Waals surface area contributed by atoms with Crippen molar-refractivity contribution in [2.24, 2.45) is 35.5 Å². The van der Waals surface area contributed by atoms with Gasteiger partial charge < -0.3 is 70.3 Å². The summed E-state index contributed by atoms with van der Waals surface area (Å²) in [5.41, 5.74) is -1.10. The highest BCUT2D eigenvalue weighted by molar-refractivity contribution is 8.00. The summed E-state index contributed by atoms with van der Waals surface area (Å²) in [5.74, 6) is -9.70. The summed E-state index contributed by atoms with van der Waals surface area (Å²) >= 11 is 1.15. The van der Waals surface area contributed by atoms with E-state index < -0.39 is 160 Å². The van der Waals surface area contributed by atoms with Crippen LogP contribution in [-0.2, 0) is 57.5 Å². The van der Waals surface area contributed by atoms with Crippen LogP contribution in [0.15, 0.2) is 24.8 Å². The van der Waals surface area contributed by atoms with Gasteiger partial charge in [0.25, 0.3) is 5.91 Å². The second-order valence-corrected chi connectivity index (χ2v) is 30.3. The van der Waals surface area contributed by atoms with Crippen LogP contribution in [0.4, 0.5) is 0 Å². The second kappa shape index (κ2) is 40.7. The number of rotatable bonds is 23. The minimum Gasteiger partial charge on any atom is -0.390 e. The van der Waals surface area contributed by atoms with Crippen LogP contribution in [0.3, 0.4) is 0 Å². The SMILES string of the molecule is C=CCOC(C)(C)C[C@H]1C(=O)N[C@@H](C(C)C)C(=O)N(C)[C@@H](CC(C)C)C(=O)N[C@@H](C)C(=O)N[C@H](C)C(=O)N(C)[C@@H](CC(C)C)C(=O)N(C)[C@@H](CC(C)C)C(=O)N(C)[C@@H](C(C)C)C(=O)N(C)[C@@H]([C@H](O)[C@H](C)C/C=C/C)C(=O)N[C@@H](CC)C(=O)N(C)[C@H](SCCCN(C)C)C(=O)N1C. The molecule has 0 aromatic carbocycles. The summed E-state index contributed by atoms with van der Waals surface area (Å²) in [6, 6.07) is -12.9. The molecule has 1 rings (SSSR count). The van der Waals surface area contributed by atoms with E-state index in [-0.39, 0.29) is 56.5 Å². The monoisotopic (exact) mass is 1370 g/mol. The molecule has 26 heteroatoms. The summed E-state index contributed by atoms with van der Waals surface area (Å²) in [6.07, 6.45) is 4.73. The number of aliphatic hydroxyl groups excluding tert-OH is 1. The van der Waals surface area contributed by atoms with Gasteiger partial charge in [-0.05, 0) is 135 Å². The molecule has 0 aromatic rings. The zero-order valence-corrected chi connectivity index (χ0v) is 64.1. The van der Waals surface area contributed by atoms with E-state index in [1.807, 2.05) is 66.6 Å². The van der Waals surface area contributed by atoms with Crippen LogP contribution in [0.25, 0.3) is 0 Å². The topological polar surface area (TPSA) is 291 Å². The van der Waals surface area contributed by atoms with Crippen LogP contribution in [0.5, 0.6) is 0 Å².